The van der Waals surface area contributed by atoms with Crippen molar-refractivity contribution < 1.29 is 4.79 Å². The molecule has 0 spiro atoms. The number of hydrogen-bond acceptors (Lipinski definition) is 2. The monoisotopic (exact) mass is 374 g/mol. The molecule has 0 fully saturated rings. The van der Waals surface area contributed by atoms with Crippen LogP contribution in [0.5, 0.6) is 0 Å². The Bertz CT molecular complexity index is 665. The SMILES string of the molecule is CC(C)c1ccc(C(NC(=O)c2cncc(Br)c2)C(C)C)cc1. The van der Waals surface area contributed by atoms with Gasteiger partial charge in [0.1, 0.15) is 0 Å². The van der Waals surface area contributed by atoms with E-state index in [2.05, 4.69) is 78.2 Å². The van der Waals surface area contributed by atoms with E-state index in [1.165, 1.54) is 5.56 Å². The van der Waals surface area contributed by atoms with Crippen LogP contribution in [0.2, 0.25) is 0 Å². The molecule has 0 aliphatic heterocycles. The molecule has 23 heavy (non-hydrogen) atoms. The molecule has 4 heteroatoms. The van der Waals surface area contributed by atoms with E-state index in [4.69, 9.17) is 0 Å². The highest BCUT2D eigenvalue weighted by molar-refractivity contribution is 9.10. The van der Waals surface area contributed by atoms with Gasteiger partial charge in [0.05, 0.1) is 11.6 Å². The van der Waals surface area contributed by atoms with Crippen LogP contribution in [-0.4, -0.2) is 10.9 Å². The third-order valence-electron chi connectivity index (χ3n) is 3.88. The molecule has 122 valence electrons. The van der Waals surface area contributed by atoms with Crippen LogP contribution in [-0.2, 0) is 0 Å². The van der Waals surface area contributed by atoms with E-state index < -0.39 is 0 Å². The summed E-state index contributed by atoms with van der Waals surface area (Å²) < 4.78 is 0.799. The van der Waals surface area contributed by atoms with E-state index >= 15 is 0 Å². The standard InChI is InChI=1S/C19H23BrN2O/c1-12(2)14-5-7-15(8-6-14)18(13(3)4)22-19(23)16-9-17(20)11-21-10-16/h5-13,18H,1-4H3,(H,22,23). The molecule has 2 aromatic rings. The number of hydrogen-bond donors (Lipinski definition) is 1. The number of nitrogens with zero attached hydrogens (tertiary/aromatic N) is 1. The number of halogens is 1. The third-order valence-corrected chi connectivity index (χ3v) is 4.32. The smallest absolute Gasteiger partial charge is 0.253 e. The van der Waals surface area contributed by atoms with Gasteiger partial charge in [-0.3, -0.25) is 9.78 Å². The zero-order valence-corrected chi connectivity index (χ0v) is 15.6. The molecule has 1 atom stereocenters. The van der Waals surface area contributed by atoms with Crippen molar-refractivity contribution in [2.24, 2.45) is 5.92 Å². The van der Waals surface area contributed by atoms with Crippen molar-refractivity contribution in [1.82, 2.24) is 10.3 Å². The Hall–Kier alpha value is -1.68. The molecule has 1 heterocycles. The Morgan fingerprint density at radius 1 is 1.04 bits per heavy atom. The van der Waals surface area contributed by atoms with Crippen molar-refractivity contribution in [1.29, 1.82) is 0 Å². The molecule has 0 aliphatic carbocycles. The summed E-state index contributed by atoms with van der Waals surface area (Å²) in [6, 6.07) is 10.3. The molecule has 0 saturated heterocycles. The molecule has 0 saturated carbocycles. The number of carbonyl (C=O) groups is 1. The summed E-state index contributed by atoms with van der Waals surface area (Å²) >= 11 is 3.35. The van der Waals surface area contributed by atoms with Crippen molar-refractivity contribution in [3.63, 3.8) is 0 Å². The molecule has 1 amide bonds. The van der Waals surface area contributed by atoms with Crippen LogP contribution in [0, 0.1) is 5.92 Å². The lowest BCUT2D eigenvalue weighted by atomic mass is 9.93. The van der Waals surface area contributed by atoms with Gasteiger partial charge in [-0.25, -0.2) is 0 Å². The van der Waals surface area contributed by atoms with Gasteiger partial charge in [0.25, 0.3) is 5.91 Å². The molecular formula is C19H23BrN2O. The fourth-order valence-electron chi connectivity index (χ4n) is 2.48. The first-order chi connectivity index (χ1) is 10.9. The maximum absolute atomic E-state index is 12.5. The second-order valence-electron chi connectivity index (χ2n) is 6.41. The van der Waals surface area contributed by atoms with Crippen molar-refractivity contribution in [3.05, 3.63) is 63.9 Å². The van der Waals surface area contributed by atoms with Crippen molar-refractivity contribution in [3.8, 4) is 0 Å². The van der Waals surface area contributed by atoms with Crippen LogP contribution < -0.4 is 5.32 Å². The lowest BCUT2D eigenvalue weighted by molar-refractivity contribution is 0.0925. The summed E-state index contributed by atoms with van der Waals surface area (Å²) in [5.41, 5.74) is 2.99. The third kappa shape index (κ3) is 4.64. The predicted octanol–water partition coefficient (Wildman–Crippen LogP) is 5.09. The first kappa shape index (κ1) is 17.7. The number of pyridine rings is 1. The Morgan fingerprint density at radius 2 is 1.65 bits per heavy atom. The average Bonchev–Trinajstić information content (AvgIpc) is 2.52. The van der Waals surface area contributed by atoms with Gasteiger partial charge in [-0.05, 0) is 45.0 Å². The molecule has 0 radical (unpaired) electrons. The van der Waals surface area contributed by atoms with Crippen LogP contribution in [0.1, 0.15) is 61.1 Å². The van der Waals surface area contributed by atoms with Gasteiger partial charge in [0.2, 0.25) is 0 Å². The highest BCUT2D eigenvalue weighted by Crippen LogP contribution is 2.24. The lowest BCUT2D eigenvalue weighted by Gasteiger charge is -2.23. The Morgan fingerprint density at radius 3 is 2.17 bits per heavy atom. The molecule has 1 N–H and O–H groups in total. The molecule has 1 aromatic carbocycles. The number of benzene rings is 1. The van der Waals surface area contributed by atoms with Gasteiger partial charge in [-0.15, -0.1) is 0 Å². The molecule has 1 unspecified atom stereocenters. The van der Waals surface area contributed by atoms with E-state index in [-0.39, 0.29) is 11.9 Å². The van der Waals surface area contributed by atoms with E-state index in [1.807, 2.05) is 0 Å². The van der Waals surface area contributed by atoms with E-state index in [9.17, 15) is 4.79 Å². The molecule has 0 aliphatic rings. The molecule has 0 bridgehead atoms. The summed E-state index contributed by atoms with van der Waals surface area (Å²) in [5, 5.41) is 3.13. The second-order valence-corrected chi connectivity index (χ2v) is 7.32. The van der Waals surface area contributed by atoms with Crippen LogP contribution in [0.3, 0.4) is 0 Å². The highest BCUT2D eigenvalue weighted by atomic mass is 79.9. The highest BCUT2D eigenvalue weighted by Gasteiger charge is 2.19. The van der Waals surface area contributed by atoms with E-state index in [0.717, 1.165) is 10.0 Å². The van der Waals surface area contributed by atoms with E-state index in [0.29, 0.717) is 17.4 Å². The number of nitrogens with one attached hydrogen (secondary N) is 1. The molecular weight excluding hydrogens is 352 g/mol. The minimum absolute atomic E-state index is 0.0253. The first-order valence-corrected chi connectivity index (χ1v) is 8.69. The van der Waals surface area contributed by atoms with Gasteiger partial charge in [0.15, 0.2) is 0 Å². The first-order valence-electron chi connectivity index (χ1n) is 7.89. The fourth-order valence-corrected chi connectivity index (χ4v) is 2.85. The molecule has 3 nitrogen and oxygen atoms in total. The second kappa shape index (κ2) is 7.73. The fraction of sp³-hybridized carbons (Fsp3) is 0.368. The van der Waals surface area contributed by atoms with Gasteiger partial charge in [0, 0.05) is 16.9 Å². The van der Waals surface area contributed by atoms with Crippen LogP contribution in [0.4, 0.5) is 0 Å². The maximum Gasteiger partial charge on any atom is 0.253 e. The lowest BCUT2D eigenvalue weighted by Crippen LogP contribution is -2.31. The molecule has 1 aromatic heterocycles. The van der Waals surface area contributed by atoms with Gasteiger partial charge in [-0.2, -0.15) is 0 Å². The summed E-state index contributed by atoms with van der Waals surface area (Å²) in [4.78, 5) is 16.5. The largest absolute Gasteiger partial charge is 0.345 e. The van der Waals surface area contributed by atoms with Crippen molar-refractivity contribution in [2.75, 3.05) is 0 Å². The van der Waals surface area contributed by atoms with Crippen LogP contribution in [0.25, 0.3) is 0 Å². The summed E-state index contributed by atoms with van der Waals surface area (Å²) in [5.74, 6) is 0.693. The zero-order chi connectivity index (χ0) is 17.0. The quantitative estimate of drug-likeness (QED) is 0.791. The summed E-state index contributed by atoms with van der Waals surface area (Å²) in [7, 11) is 0. The topological polar surface area (TPSA) is 42.0 Å². The normalized spacial score (nSPS) is 12.5. The average molecular weight is 375 g/mol. The van der Waals surface area contributed by atoms with Gasteiger partial charge >= 0.3 is 0 Å². The number of aromatic nitrogens is 1. The number of carbonyl (C=O) groups excluding carboxylic acids is 1. The Labute approximate surface area is 146 Å². The number of rotatable bonds is 5. The van der Waals surface area contributed by atoms with Gasteiger partial charge in [-0.1, -0.05) is 52.0 Å². The van der Waals surface area contributed by atoms with Crippen molar-refractivity contribution >= 4 is 21.8 Å². The number of amides is 1. The molecule has 2 rings (SSSR count). The maximum atomic E-state index is 12.5. The Kier molecular flexibility index (Phi) is 5.94. The van der Waals surface area contributed by atoms with Crippen LogP contribution >= 0.6 is 15.9 Å². The Balaban J connectivity index is 2.20. The van der Waals surface area contributed by atoms with Crippen LogP contribution in [0.15, 0.2) is 47.2 Å². The minimum atomic E-state index is -0.106. The van der Waals surface area contributed by atoms with E-state index in [1.54, 1.807) is 18.5 Å². The predicted molar refractivity (Wildman–Crippen MR) is 97.5 cm³/mol. The zero-order valence-electron chi connectivity index (χ0n) is 14.0. The minimum Gasteiger partial charge on any atom is -0.345 e. The van der Waals surface area contributed by atoms with Gasteiger partial charge < -0.3 is 5.32 Å². The summed E-state index contributed by atoms with van der Waals surface area (Å²) in [6.07, 6.45) is 3.25. The summed E-state index contributed by atoms with van der Waals surface area (Å²) in [6.45, 7) is 8.58. The van der Waals surface area contributed by atoms with Crippen molar-refractivity contribution in [2.45, 2.75) is 39.7 Å².